The number of nitrogens with zero attached hydrogens (tertiary/aromatic N) is 3. The number of nitrogens with one attached hydrogen (secondary N) is 2. The van der Waals surface area contributed by atoms with Gasteiger partial charge in [0.25, 0.3) is 0 Å². The van der Waals surface area contributed by atoms with Gasteiger partial charge in [0.15, 0.2) is 5.96 Å². The average molecular weight is 414 g/mol. The first-order valence-corrected chi connectivity index (χ1v) is 11.2. The zero-order valence-corrected chi connectivity index (χ0v) is 18.5. The van der Waals surface area contributed by atoms with E-state index in [0.717, 1.165) is 40.3 Å². The molecule has 0 saturated heterocycles. The minimum atomic E-state index is 0.463. The summed E-state index contributed by atoms with van der Waals surface area (Å²) in [5, 5.41) is 13.1. The van der Waals surface area contributed by atoms with Crippen molar-refractivity contribution in [1.29, 1.82) is 0 Å². The summed E-state index contributed by atoms with van der Waals surface area (Å²) >= 11 is 3.38. The molecule has 0 aliphatic rings. The van der Waals surface area contributed by atoms with Gasteiger partial charge in [-0.1, -0.05) is 43.7 Å². The highest BCUT2D eigenvalue weighted by atomic mass is 32.1. The number of aryl methyl sites for hydroxylation is 1. The Bertz CT molecular complexity index is 909. The van der Waals surface area contributed by atoms with E-state index in [9.17, 15) is 0 Å². The summed E-state index contributed by atoms with van der Waals surface area (Å²) in [5.41, 5.74) is 4.70. The Hall–Kier alpha value is -2.25. The maximum atomic E-state index is 4.76. The van der Waals surface area contributed by atoms with Crippen LogP contribution in [0.1, 0.15) is 41.7 Å². The Morgan fingerprint density at radius 1 is 1.07 bits per heavy atom. The predicted octanol–water partition coefficient (Wildman–Crippen LogP) is 4.61. The van der Waals surface area contributed by atoms with Crippen LogP contribution in [0.15, 0.2) is 40.0 Å². The highest BCUT2D eigenvalue weighted by Gasteiger charge is 2.07. The number of aliphatic imine (C=N–C) groups is 1. The highest BCUT2D eigenvalue weighted by Crippen LogP contribution is 2.24. The molecular formula is C21H27N5S2. The molecule has 28 heavy (non-hydrogen) atoms. The summed E-state index contributed by atoms with van der Waals surface area (Å²) < 4.78 is 0. The summed E-state index contributed by atoms with van der Waals surface area (Å²) in [7, 11) is 1.79. The average Bonchev–Trinajstić information content (AvgIpc) is 3.35. The van der Waals surface area contributed by atoms with Crippen molar-refractivity contribution in [2.24, 2.45) is 4.99 Å². The molecular weight excluding hydrogens is 386 g/mol. The number of aromatic nitrogens is 2. The van der Waals surface area contributed by atoms with Crippen molar-refractivity contribution in [3.05, 3.63) is 57.0 Å². The Morgan fingerprint density at radius 2 is 1.86 bits per heavy atom. The lowest BCUT2D eigenvalue weighted by Gasteiger charge is -2.10. The molecule has 0 fully saturated rings. The minimum Gasteiger partial charge on any atom is -0.356 e. The van der Waals surface area contributed by atoms with Gasteiger partial charge < -0.3 is 10.6 Å². The quantitative estimate of drug-likeness (QED) is 0.439. The standard InChI is InChI=1S/C21H27N5S2/c1-14(2)18-13-27-19(26-18)11-24-21(22-4)23-10-9-17-12-28-20(25-17)16-7-5-15(3)6-8-16/h5-8,12-14H,9-11H2,1-4H3,(H2,22,23,24). The molecule has 0 atom stereocenters. The lowest BCUT2D eigenvalue weighted by molar-refractivity contribution is 0.774. The van der Waals surface area contributed by atoms with Crippen LogP contribution >= 0.6 is 22.7 Å². The molecule has 0 radical (unpaired) electrons. The van der Waals surface area contributed by atoms with E-state index in [4.69, 9.17) is 4.98 Å². The molecule has 2 N–H and O–H groups in total. The van der Waals surface area contributed by atoms with E-state index in [1.807, 2.05) is 0 Å². The molecule has 3 rings (SSSR count). The SMILES string of the molecule is CN=C(NCCc1csc(-c2ccc(C)cc2)n1)NCc1nc(C(C)C)cs1. The van der Waals surface area contributed by atoms with Gasteiger partial charge in [-0.05, 0) is 12.8 Å². The van der Waals surface area contributed by atoms with Crippen LogP contribution in [0.25, 0.3) is 10.6 Å². The molecule has 0 bridgehead atoms. The Morgan fingerprint density at radius 3 is 2.54 bits per heavy atom. The molecule has 1 aromatic carbocycles. The monoisotopic (exact) mass is 413 g/mol. The molecule has 0 aliphatic carbocycles. The van der Waals surface area contributed by atoms with E-state index in [0.29, 0.717) is 12.5 Å². The van der Waals surface area contributed by atoms with Crippen LogP contribution in [0.4, 0.5) is 0 Å². The molecule has 5 nitrogen and oxygen atoms in total. The lowest BCUT2D eigenvalue weighted by atomic mass is 10.2. The van der Waals surface area contributed by atoms with E-state index in [1.165, 1.54) is 11.1 Å². The normalized spacial score (nSPS) is 11.8. The molecule has 0 aliphatic heterocycles. The molecule has 0 spiro atoms. The highest BCUT2D eigenvalue weighted by molar-refractivity contribution is 7.13. The third-order valence-corrected chi connectivity index (χ3v) is 6.12. The Kier molecular flexibility index (Phi) is 7.17. The van der Waals surface area contributed by atoms with Gasteiger partial charge >= 0.3 is 0 Å². The van der Waals surface area contributed by atoms with Crippen LogP contribution in [0, 0.1) is 6.92 Å². The van der Waals surface area contributed by atoms with Gasteiger partial charge in [0, 0.05) is 36.3 Å². The summed E-state index contributed by atoms with van der Waals surface area (Å²) in [6, 6.07) is 8.51. The van der Waals surface area contributed by atoms with Gasteiger partial charge in [0.05, 0.1) is 17.9 Å². The first kappa shape index (κ1) is 20.5. The van der Waals surface area contributed by atoms with E-state index >= 15 is 0 Å². The number of rotatable bonds is 7. The second kappa shape index (κ2) is 9.80. The van der Waals surface area contributed by atoms with E-state index in [-0.39, 0.29) is 0 Å². The number of benzene rings is 1. The van der Waals surface area contributed by atoms with Crippen LogP contribution in [-0.2, 0) is 13.0 Å². The lowest BCUT2D eigenvalue weighted by Crippen LogP contribution is -2.37. The van der Waals surface area contributed by atoms with E-state index in [1.54, 1.807) is 29.7 Å². The topological polar surface area (TPSA) is 62.2 Å². The van der Waals surface area contributed by atoms with Gasteiger partial charge in [0.1, 0.15) is 10.0 Å². The van der Waals surface area contributed by atoms with E-state index in [2.05, 4.69) is 76.4 Å². The van der Waals surface area contributed by atoms with Crippen molar-refractivity contribution in [3.8, 4) is 10.6 Å². The predicted molar refractivity (Wildman–Crippen MR) is 120 cm³/mol. The molecule has 2 heterocycles. The molecule has 3 aromatic rings. The van der Waals surface area contributed by atoms with Crippen LogP contribution in [-0.4, -0.2) is 29.5 Å². The van der Waals surface area contributed by atoms with Gasteiger partial charge in [-0.2, -0.15) is 0 Å². The van der Waals surface area contributed by atoms with Crippen molar-refractivity contribution in [3.63, 3.8) is 0 Å². The van der Waals surface area contributed by atoms with E-state index < -0.39 is 0 Å². The van der Waals surface area contributed by atoms with Gasteiger partial charge in [-0.3, -0.25) is 4.99 Å². The molecule has 0 saturated carbocycles. The summed E-state index contributed by atoms with van der Waals surface area (Å²) in [6.45, 7) is 7.89. The summed E-state index contributed by atoms with van der Waals surface area (Å²) in [4.78, 5) is 13.7. The van der Waals surface area contributed by atoms with Crippen molar-refractivity contribution in [2.75, 3.05) is 13.6 Å². The van der Waals surface area contributed by atoms with Gasteiger partial charge in [0.2, 0.25) is 0 Å². The van der Waals surface area contributed by atoms with Crippen LogP contribution in [0.2, 0.25) is 0 Å². The second-order valence-electron chi connectivity index (χ2n) is 6.93. The van der Waals surface area contributed by atoms with Crippen LogP contribution in [0.5, 0.6) is 0 Å². The first-order valence-electron chi connectivity index (χ1n) is 9.45. The van der Waals surface area contributed by atoms with Crippen molar-refractivity contribution < 1.29 is 0 Å². The summed E-state index contributed by atoms with van der Waals surface area (Å²) in [6.07, 6.45) is 0.859. The fraction of sp³-hybridized carbons (Fsp3) is 0.381. The van der Waals surface area contributed by atoms with Crippen molar-refractivity contribution >= 4 is 28.6 Å². The number of thiazole rings is 2. The maximum Gasteiger partial charge on any atom is 0.191 e. The largest absolute Gasteiger partial charge is 0.356 e. The van der Waals surface area contributed by atoms with Crippen molar-refractivity contribution in [1.82, 2.24) is 20.6 Å². The summed E-state index contributed by atoms with van der Waals surface area (Å²) in [5.74, 6) is 1.25. The van der Waals surface area contributed by atoms with Gasteiger partial charge in [-0.15, -0.1) is 22.7 Å². The van der Waals surface area contributed by atoms with Crippen molar-refractivity contribution in [2.45, 2.75) is 39.7 Å². The third-order valence-electron chi connectivity index (χ3n) is 4.32. The third kappa shape index (κ3) is 5.62. The maximum absolute atomic E-state index is 4.76. The number of hydrogen-bond acceptors (Lipinski definition) is 5. The first-order chi connectivity index (χ1) is 13.5. The fourth-order valence-electron chi connectivity index (χ4n) is 2.61. The second-order valence-corrected chi connectivity index (χ2v) is 8.73. The molecule has 0 unspecified atom stereocenters. The molecule has 148 valence electrons. The zero-order chi connectivity index (χ0) is 19.9. The van der Waals surface area contributed by atoms with Crippen LogP contribution in [0.3, 0.4) is 0 Å². The number of guanidine groups is 1. The Labute approximate surface area is 175 Å². The zero-order valence-electron chi connectivity index (χ0n) is 16.8. The van der Waals surface area contributed by atoms with Crippen LogP contribution < -0.4 is 10.6 Å². The molecule has 7 heteroatoms. The van der Waals surface area contributed by atoms with Gasteiger partial charge in [-0.25, -0.2) is 9.97 Å². The smallest absolute Gasteiger partial charge is 0.191 e. The molecule has 0 amide bonds. The number of hydrogen-bond donors (Lipinski definition) is 2. The Balaban J connectivity index is 1.46. The minimum absolute atomic E-state index is 0.463. The fourth-order valence-corrected chi connectivity index (χ4v) is 4.37. The molecule has 2 aromatic heterocycles.